The molecule has 0 saturated heterocycles. The summed E-state index contributed by atoms with van der Waals surface area (Å²) in [4.78, 5) is 0. The number of fused-ring (bicyclic) bond motifs is 1. The van der Waals surface area contributed by atoms with Crippen LogP contribution in [0, 0.1) is 0 Å². The first-order valence-electron chi connectivity index (χ1n) is 5.63. The predicted molar refractivity (Wildman–Crippen MR) is 63.8 cm³/mol. The van der Waals surface area contributed by atoms with Crippen LogP contribution < -0.4 is 15.2 Å². The molecule has 0 amide bonds. The summed E-state index contributed by atoms with van der Waals surface area (Å²) in [5, 5.41) is 10.4. The highest BCUT2D eigenvalue weighted by atomic mass is 35.5. The summed E-state index contributed by atoms with van der Waals surface area (Å²) in [6, 6.07) is 1.78. The van der Waals surface area contributed by atoms with Gasteiger partial charge in [0.15, 0.2) is 11.5 Å². The van der Waals surface area contributed by atoms with E-state index in [0.717, 1.165) is 18.4 Å². The molecule has 2 aliphatic rings. The smallest absolute Gasteiger partial charge is 0.231 e. The summed E-state index contributed by atoms with van der Waals surface area (Å²) in [5.41, 5.74) is 6.62. The monoisotopic (exact) mass is 255 g/mol. The molecule has 1 fully saturated rings. The van der Waals surface area contributed by atoms with Crippen molar-refractivity contribution in [2.75, 3.05) is 6.79 Å². The zero-order valence-corrected chi connectivity index (χ0v) is 10.3. The molecule has 0 radical (unpaired) electrons. The van der Waals surface area contributed by atoms with Crippen LogP contribution in [0.4, 0.5) is 0 Å². The van der Waals surface area contributed by atoms with Gasteiger partial charge in [0.05, 0.1) is 0 Å². The third-order valence-electron chi connectivity index (χ3n) is 3.78. The lowest BCUT2D eigenvalue weighted by atomic mass is 9.88. The van der Waals surface area contributed by atoms with Gasteiger partial charge in [0.2, 0.25) is 6.79 Å². The number of phenols is 1. The van der Waals surface area contributed by atoms with Crippen molar-refractivity contribution < 1.29 is 14.6 Å². The maximum atomic E-state index is 10.2. The highest BCUT2D eigenvalue weighted by Gasteiger charge is 2.50. The van der Waals surface area contributed by atoms with Gasteiger partial charge in [-0.15, -0.1) is 0 Å². The lowest BCUT2D eigenvalue weighted by Crippen LogP contribution is -2.31. The van der Waals surface area contributed by atoms with Crippen LogP contribution in [0.25, 0.3) is 0 Å². The minimum atomic E-state index is -0.158. The van der Waals surface area contributed by atoms with Crippen molar-refractivity contribution in [2.45, 2.75) is 31.2 Å². The maximum Gasteiger partial charge on any atom is 0.231 e. The van der Waals surface area contributed by atoms with Gasteiger partial charge >= 0.3 is 0 Å². The van der Waals surface area contributed by atoms with E-state index in [1.165, 1.54) is 0 Å². The second-order valence-corrected chi connectivity index (χ2v) is 5.14. The third-order valence-corrected chi connectivity index (χ3v) is 4.13. The molecular weight excluding hydrogens is 242 g/mol. The molecule has 1 heterocycles. The number of nitrogens with two attached hydrogens (primary N) is 1. The van der Waals surface area contributed by atoms with Crippen molar-refractivity contribution in [3.63, 3.8) is 0 Å². The molecule has 1 aromatic rings. The molecular formula is C12H14ClNO3. The Hall–Kier alpha value is -1.13. The first-order valence-corrected chi connectivity index (χ1v) is 6.01. The van der Waals surface area contributed by atoms with Crippen molar-refractivity contribution in [2.24, 2.45) is 5.73 Å². The Bertz CT molecular complexity index is 483. The Morgan fingerprint density at radius 2 is 2.18 bits per heavy atom. The summed E-state index contributed by atoms with van der Waals surface area (Å²) in [6.45, 7) is 2.09. The van der Waals surface area contributed by atoms with Crippen molar-refractivity contribution in [1.29, 1.82) is 0 Å². The van der Waals surface area contributed by atoms with Crippen LogP contribution in [0.1, 0.15) is 25.3 Å². The van der Waals surface area contributed by atoms with E-state index in [1.54, 1.807) is 6.07 Å². The van der Waals surface area contributed by atoms with Gasteiger partial charge < -0.3 is 20.3 Å². The van der Waals surface area contributed by atoms with E-state index in [0.29, 0.717) is 11.5 Å². The normalized spacial score (nSPS) is 21.4. The number of halogens is 1. The topological polar surface area (TPSA) is 64.7 Å². The highest BCUT2D eigenvalue weighted by molar-refractivity contribution is 6.34. The van der Waals surface area contributed by atoms with Gasteiger partial charge in [0.25, 0.3) is 0 Å². The molecule has 3 rings (SSSR count). The first-order chi connectivity index (χ1) is 8.06. The van der Waals surface area contributed by atoms with Crippen molar-refractivity contribution in [1.82, 2.24) is 0 Å². The quantitative estimate of drug-likeness (QED) is 0.850. The van der Waals surface area contributed by atoms with E-state index >= 15 is 0 Å². The van der Waals surface area contributed by atoms with Gasteiger partial charge in [0.1, 0.15) is 10.8 Å². The van der Waals surface area contributed by atoms with E-state index < -0.39 is 0 Å². The summed E-state index contributed by atoms with van der Waals surface area (Å²) < 4.78 is 10.5. The molecule has 1 aromatic carbocycles. The number of hydrogen-bond donors (Lipinski definition) is 2. The number of ether oxygens (including phenoxy) is 2. The Balaban J connectivity index is 2.16. The van der Waals surface area contributed by atoms with Crippen LogP contribution in [0.5, 0.6) is 17.2 Å². The van der Waals surface area contributed by atoms with E-state index in [9.17, 15) is 5.11 Å². The van der Waals surface area contributed by atoms with E-state index in [2.05, 4.69) is 0 Å². The lowest BCUT2D eigenvalue weighted by Gasteiger charge is -2.22. The Morgan fingerprint density at radius 1 is 1.47 bits per heavy atom. The molecule has 4 nitrogen and oxygen atoms in total. The van der Waals surface area contributed by atoms with Crippen molar-refractivity contribution in [3.05, 3.63) is 16.7 Å². The minimum Gasteiger partial charge on any atom is -0.506 e. The Morgan fingerprint density at radius 3 is 2.76 bits per heavy atom. The summed E-state index contributed by atoms with van der Waals surface area (Å²) >= 11 is 6.09. The molecule has 1 aliphatic heterocycles. The largest absolute Gasteiger partial charge is 0.506 e. The summed E-state index contributed by atoms with van der Waals surface area (Å²) in [5.74, 6) is 1.09. The number of phenolic OH excluding ortho intramolecular Hbond substituents is 1. The fourth-order valence-corrected chi connectivity index (χ4v) is 2.73. The average Bonchev–Trinajstić information content (AvgIpc) is 2.97. The Kier molecular flexibility index (Phi) is 2.22. The predicted octanol–water partition coefficient (Wildman–Crippen LogP) is 2.15. The molecule has 0 spiro atoms. The van der Waals surface area contributed by atoms with Crippen LogP contribution >= 0.6 is 11.6 Å². The van der Waals surface area contributed by atoms with Crippen LogP contribution in [0.3, 0.4) is 0 Å². The van der Waals surface area contributed by atoms with E-state index in [4.69, 9.17) is 26.8 Å². The van der Waals surface area contributed by atoms with Gasteiger partial charge in [-0.05, 0) is 25.8 Å². The number of hydrogen-bond acceptors (Lipinski definition) is 4. The van der Waals surface area contributed by atoms with Gasteiger partial charge in [-0.2, -0.15) is 0 Å². The van der Waals surface area contributed by atoms with Crippen LogP contribution in [0.15, 0.2) is 6.07 Å². The fraction of sp³-hybridized carbons (Fsp3) is 0.500. The van der Waals surface area contributed by atoms with E-state index in [1.807, 2.05) is 6.92 Å². The second-order valence-electron chi connectivity index (χ2n) is 4.77. The minimum absolute atomic E-state index is 0.0233. The van der Waals surface area contributed by atoms with Crippen molar-refractivity contribution in [3.8, 4) is 17.2 Å². The van der Waals surface area contributed by atoms with E-state index in [-0.39, 0.29) is 29.0 Å². The number of aromatic hydroxyl groups is 1. The van der Waals surface area contributed by atoms with Gasteiger partial charge in [0, 0.05) is 17.0 Å². The van der Waals surface area contributed by atoms with Crippen LogP contribution in [-0.4, -0.2) is 17.9 Å². The second kappa shape index (κ2) is 3.43. The molecule has 0 aromatic heterocycles. The third kappa shape index (κ3) is 1.40. The Labute approximate surface area is 104 Å². The highest BCUT2D eigenvalue weighted by Crippen LogP contribution is 2.57. The van der Waals surface area contributed by atoms with Gasteiger partial charge in [-0.1, -0.05) is 11.6 Å². The molecule has 1 unspecified atom stereocenters. The fourth-order valence-electron chi connectivity index (χ4n) is 2.48. The molecule has 1 aliphatic carbocycles. The van der Waals surface area contributed by atoms with Gasteiger partial charge in [-0.25, -0.2) is 0 Å². The summed E-state index contributed by atoms with van der Waals surface area (Å²) in [7, 11) is 0. The average molecular weight is 256 g/mol. The SMILES string of the molecule is CC(N)C1(c2cc3c(c(Cl)c2O)OCO3)CC1. The first kappa shape index (κ1) is 11.0. The number of rotatable bonds is 2. The number of benzene rings is 1. The zero-order valence-electron chi connectivity index (χ0n) is 9.50. The molecule has 0 bridgehead atoms. The van der Waals surface area contributed by atoms with Crippen molar-refractivity contribution >= 4 is 11.6 Å². The zero-order chi connectivity index (χ0) is 12.2. The lowest BCUT2D eigenvalue weighted by molar-refractivity contribution is 0.174. The van der Waals surface area contributed by atoms with Crippen LogP contribution in [-0.2, 0) is 5.41 Å². The van der Waals surface area contributed by atoms with Gasteiger partial charge in [-0.3, -0.25) is 0 Å². The molecule has 1 atom stereocenters. The molecule has 5 heteroatoms. The maximum absolute atomic E-state index is 10.2. The molecule has 3 N–H and O–H groups in total. The molecule has 92 valence electrons. The standard InChI is InChI=1S/C12H14ClNO3/c1-6(14)12(2-3-12)7-4-8-11(17-5-16-8)9(13)10(7)15/h4,6,15H,2-3,5,14H2,1H3. The molecule has 17 heavy (non-hydrogen) atoms. The summed E-state index contributed by atoms with van der Waals surface area (Å²) in [6.07, 6.45) is 1.93. The van der Waals surface area contributed by atoms with Crippen LogP contribution in [0.2, 0.25) is 5.02 Å². The molecule has 1 saturated carbocycles.